The van der Waals surface area contributed by atoms with Crippen LogP contribution in [0.25, 0.3) is 26.8 Å². The van der Waals surface area contributed by atoms with Gasteiger partial charge in [-0.25, -0.2) is 13.6 Å². The van der Waals surface area contributed by atoms with Gasteiger partial charge >= 0.3 is 5.97 Å². The molecule has 0 aliphatic carbocycles. The summed E-state index contributed by atoms with van der Waals surface area (Å²) in [7, 11) is 0. The van der Waals surface area contributed by atoms with Gasteiger partial charge in [0.25, 0.3) is 6.43 Å². The van der Waals surface area contributed by atoms with E-state index >= 15 is 0 Å². The number of hydrogen-bond acceptors (Lipinski definition) is 3. The number of carboxylic acid groups (broad SMARTS) is 1. The quantitative estimate of drug-likeness (QED) is 0.196. The SMILES string of the molecule is CCC(CC)(CC)c1cc(-c2cccc3sc(/C(C)=C\C(=O)O)cc23)c(OCC(F)F)c(C(CC)(CC)CC)c1. The number of carboxylic acids is 1. The average Bonchev–Trinajstić information content (AvgIpc) is 3.39. The minimum absolute atomic E-state index is 0.0414. The molecule has 3 rings (SSSR count). The van der Waals surface area contributed by atoms with E-state index in [9.17, 15) is 18.7 Å². The molecule has 0 saturated carbocycles. The molecule has 218 valence electrons. The number of allylic oxidation sites excluding steroid dienone is 1. The van der Waals surface area contributed by atoms with Crippen LogP contribution in [0.15, 0.2) is 42.5 Å². The van der Waals surface area contributed by atoms with Gasteiger partial charge in [0.05, 0.1) is 0 Å². The van der Waals surface area contributed by atoms with Crippen LogP contribution in [0.1, 0.15) is 103 Å². The number of aliphatic carboxylic acids is 1. The molecule has 0 fully saturated rings. The van der Waals surface area contributed by atoms with Crippen molar-refractivity contribution in [1.29, 1.82) is 0 Å². The van der Waals surface area contributed by atoms with E-state index in [4.69, 9.17) is 4.74 Å². The summed E-state index contributed by atoms with van der Waals surface area (Å²) in [5.41, 5.74) is 4.42. The molecule has 0 bridgehead atoms. The highest BCUT2D eigenvalue weighted by atomic mass is 32.1. The molecule has 40 heavy (non-hydrogen) atoms. The zero-order valence-corrected chi connectivity index (χ0v) is 25.8. The number of rotatable bonds is 14. The van der Waals surface area contributed by atoms with Crippen molar-refractivity contribution < 1.29 is 23.4 Å². The maximum absolute atomic E-state index is 13.6. The third-order valence-corrected chi connectivity index (χ3v) is 10.5. The van der Waals surface area contributed by atoms with Crippen molar-refractivity contribution in [3.63, 3.8) is 0 Å². The highest BCUT2D eigenvalue weighted by molar-refractivity contribution is 7.20. The Morgan fingerprint density at radius 3 is 2.05 bits per heavy atom. The van der Waals surface area contributed by atoms with Gasteiger partial charge < -0.3 is 9.84 Å². The second kappa shape index (κ2) is 13.3. The Morgan fingerprint density at radius 2 is 1.52 bits per heavy atom. The van der Waals surface area contributed by atoms with E-state index in [1.807, 2.05) is 24.3 Å². The second-order valence-electron chi connectivity index (χ2n) is 10.8. The summed E-state index contributed by atoms with van der Waals surface area (Å²) in [6, 6.07) is 12.5. The lowest BCUT2D eigenvalue weighted by Crippen LogP contribution is -2.28. The summed E-state index contributed by atoms with van der Waals surface area (Å²) in [5, 5.41) is 10.3. The Kier molecular flexibility index (Phi) is 10.6. The van der Waals surface area contributed by atoms with Crippen LogP contribution in [0.2, 0.25) is 0 Å². The molecular formula is C34H44F2O3S. The lowest BCUT2D eigenvalue weighted by molar-refractivity contribution is -0.131. The summed E-state index contributed by atoms with van der Waals surface area (Å²) >= 11 is 1.53. The van der Waals surface area contributed by atoms with Crippen LogP contribution in [0.5, 0.6) is 5.75 Å². The third kappa shape index (κ3) is 6.12. The van der Waals surface area contributed by atoms with Crippen LogP contribution in [0.3, 0.4) is 0 Å². The van der Waals surface area contributed by atoms with E-state index in [1.165, 1.54) is 23.0 Å². The molecule has 0 spiro atoms. The van der Waals surface area contributed by atoms with E-state index in [0.29, 0.717) is 11.3 Å². The fraction of sp³-hybridized carbons (Fsp3) is 0.500. The predicted molar refractivity (Wildman–Crippen MR) is 165 cm³/mol. The fourth-order valence-electron chi connectivity index (χ4n) is 6.26. The molecule has 0 unspecified atom stereocenters. The zero-order valence-electron chi connectivity index (χ0n) is 25.0. The minimum atomic E-state index is -2.59. The molecule has 6 heteroatoms. The van der Waals surface area contributed by atoms with Crippen molar-refractivity contribution >= 4 is 33.0 Å². The fourth-order valence-corrected chi connectivity index (χ4v) is 7.32. The summed E-state index contributed by atoms with van der Waals surface area (Å²) in [6.07, 6.45) is 4.16. The molecule has 1 N–H and O–H groups in total. The lowest BCUT2D eigenvalue weighted by atomic mass is 9.68. The van der Waals surface area contributed by atoms with Crippen LogP contribution in [-0.2, 0) is 15.6 Å². The van der Waals surface area contributed by atoms with Crippen molar-refractivity contribution in [1.82, 2.24) is 0 Å². The number of carbonyl (C=O) groups is 1. The molecular weight excluding hydrogens is 526 g/mol. The minimum Gasteiger partial charge on any atom is -0.487 e. The molecule has 2 aromatic carbocycles. The van der Waals surface area contributed by atoms with Crippen LogP contribution in [0.4, 0.5) is 8.78 Å². The van der Waals surface area contributed by atoms with Gasteiger partial charge in [0.1, 0.15) is 12.4 Å². The molecule has 0 saturated heterocycles. The smallest absolute Gasteiger partial charge is 0.328 e. The second-order valence-corrected chi connectivity index (χ2v) is 11.9. The first-order valence-electron chi connectivity index (χ1n) is 14.6. The van der Waals surface area contributed by atoms with E-state index < -0.39 is 19.0 Å². The van der Waals surface area contributed by atoms with Gasteiger partial charge in [-0.1, -0.05) is 59.7 Å². The number of benzene rings is 2. The Bertz CT molecular complexity index is 1330. The maximum Gasteiger partial charge on any atom is 0.328 e. The normalized spacial score (nSPS) is 12.9. The standard InChI is InChI=1S/C34H44F2O3S/c1-8-33(9-2,10-3)23-18-26(32(39-21-30(35)36)27(19-23)34(11-4,12-5)13-6)24-15-14-16-28-25(24)20-29(40-28)22(7)17-31(37)38/h14-20,30H,8-13,21H2,1-7H3,(H,37,38)/b22-17-. The van der Waals surface area contributed by atoms with Crippen LogP contribution < -0.4 is 4.74 Å². The number of thiophene rings is 1. The number of fused-ring (bicyclic) bond motifs is 1. The van der Waals surface area contributed by atoms with Crippen molar-refractivity contribution in [3.8, 4) is 16.9 Å². The van der Waals surface area contributed by atoms with Gasteiger partial charge in [-0.15, -0.1) is 11.3 Å². The summed E-state index contributed by atoms with van der Waals surface area (Å²) in [6.45, 7) is 14.3. The highest BCUT2D eigenvalue weighted by Crippen LogP contribution is 2.50. The van der Waals surface area contributed by atoms with Crippen molar-refractivity contribution in [2.45, 2.75) is 104 Å². The van der Waals surface area contributed by atoms with Crippen LogP contribution in [-0.4, -0.2) is 24.1 Å². The van der Waals surface area contributed by atoms with Crippen LogP contribution in [0, 0.1) is 0 Å². The van der Waals surface area contributed by atoms with Gasteiger partial charge in [0.2, 0.25) is 0 Å². The summed E-state index contributed by atoms with van der Waals surface area (Å²) in [5.74, 6) is -0.440. The third-order valence-electron chi connectivity index (χ3n) is 9.27. The van der Waals surface area contributed by atoms with E-state index in [1.54, 1.807) is 6.92 Å². The molecule has 0 radical (unpaired) electrons. The molecule has 0 amide bonds. The number of halogens is 2. The van der Waals surface area contributed by atoms with Crippen molar-refractivity contribution in [2.75, 3.05) is 6.61 Å². The van der Waals surface area contributed by atoms with Crippen LogP contribution >= 0.6 is 11.3 Å². The molecule has 1 heterocycles. The lowest BCUT2D eigenvalue weighted by Gasteiger charge is -2.38. The van der Waals surface area contributed by atoms with Gasteiger partial charge in [0, 0.05) is 32.2 Å². The largest absolute Gasteiger partial charge is 0.487 e. The molecule has 3 aromatic rings. The van der Waals surface area contributed by atoms with Gasteiger partial charge in [-0.3, -0.25) is 0 Å². The zero-order chi connectivity index (χ0) is 29.7. The summed E-state index contributed by atoms with van der Waals surface area (Å²) < 4.78 is 34.4. The Labute approximate surface area is 242 Å². The molecule has 0 aliphatic rings. The number of hydrogen-bond donors (Lipinski definition) is 1. The topological polar surface area (TPSA) is 46.5 Å². The Morgan fingerprint density at radius 1 is 0.925 bits per heavy atom. The van der Waals surface area contributed by atoms with Crippen molar-refractivity contribution in [2.24, 2.45) is 0 Å². The first-order chi connectivity index (χ1) is 19.0. The number of ether oxygens (including phenoxy) is 1. The van der Waals surface area contributed by atoms with Gasteiger partial charge in [-0.2, -0.15) is 0 Å². The number of alkyl halides is 2. The van der Waals surface area contributed by atoms with Gasteiger partial charge in [-0.05, 0) is 91.2 Å². The van der Waals surface area contributed by atoms with E-state index in [2.05, 4.69) is 53.7 Å². The Hall–Kier alpha value is -2.73. The van der Waals surface area contributed by atoms with Crippen molar-refractivity contribution in [3.05, 3.63) is 58.5 Å². The maximum atomic E-state index is 13.6. The summed E-state index contributed by atoms with van der Waals surface area (Å²) in [4.78, 5) is 12.2. The molecule has 0 aliphatic heterocycles. The molecule has 1 aromatic heterocycles. The average molecular weight is 571 g/mol. The first-order valence-corrected chi connectivity index (χ1v) is 15.4. The van der Waals surface area contributed by atoms with E-state index in [0.717, 1.165) is 70.2 Å². The Balaban J connectivity index is 2.49. The molecule has 3 nitrogen and oxygen atoms in total. The predicted octanol–water partition coefficient (Wildman–Crippen LogP) is 10.6. The highest BCUT2D eigenvalue weighted by Gasteiger charge is 2.36. The van der Waals surface area contributed by atoms with E-state index in [-0.39, 0.29) is 10.8 Å². The molecule has 0 atom stereocenters. The van der Waals surface area contributed by atoms with Gasteiger partial charge in [0.15, 0.2) is 0 Å². The monoisotopic (exact) mass is 570 g/mol. The first kappa shape index (κ1) is 31.8.